The maximum Gasteiger partial charge on any atom is 0.182 e. The Kier molecular flexibility index (Phi) is 4.06. The van der Waals surface area contributed by atoms with Gasteiger partial charge in [-0.05, 0) is 33.8 Å². The molecule has 1 aromatic heterocycles. The summed E-state index contributed by atoms with van der Waals surface area (Å²) in [6.45, 7) is 9.73. The monoisotopic (exact) mass is 300 g/mol. The van der Waals surface area contributed by atoms with Crippen LogP contribution in [-0.2, 0) is 4.74 Å². The van der Waals surface area contributed by atoms with Crippen LogP contribution in [0.2, 0.25) is 0 Å². The highest BCUT2D eigenvalue weighted by Gasteiger charge is 2.31. The van der Waals surface area contributed by atoms with Crippen molar-refractivity contribution >= 4 is 16.7 Å². The van der Waals surface area contributed by atoms with Crippen molar-refractivity contribution in [3.63, 3.8) is 0 Å². The number of hydrogen-bond acceptors (Lipinski definition) is 3. The van der Waals surface area contributed by atoms with Crippen LogP contribution in [0.15, 0.2) is 24.3 Å². The van der Waals surface area contributed by atoms with E-state index in [0.717, 1.165) is 35.2 Å². The molecule has 4 heteroatoms. The van der Waals surface area contributed by atoms with Crippen molar-refractivity contribution in [2.75, 3.05) is 13.1 Å². The molecule has 1 aliphatic heterocycles. The Morgan fingerprint density at radius 3 is 2.59 bits per heavy atom. The number of benzene rings is 1. The van der Waals surface area contributed by atoms with Gasteiger partial charge in [-0.25, -0.2) is 0 Å². The SMILES string of the molecule is Cc1[nH]c2ccccc2c1C(=O)[C@H](C)N1C[C@H](C)O[C@@H](C)C1. The van der Waals surface area contributed by atoms with Crippen LogP contribution in [0.5, 0.6) is 0 Å². The fourth-order valence-electron chi connectivity index (χ4n) is 3.50. The first-order valence-electron chi connectivity index (χ1n) is 7.98. The zero-order valence-corrected chi connectivity index (χ0v) is 13.7. The van der Waals surface area contributed by atoms with Gasteiger partial charge >= 0.3 is 0 Å². The lowest BCUT2D eigenvalue weighted by Crippen LogP contribution is -2.51. The van der Waals surface area contributed by atoms with Crippen LogP contribution in [-0.4, -0.2) is 47.0 Å². The van der Waals surface area contributed by atoms with E-state index in [2.05, 4.69) is 23.7 Å². The van der Waals surface area contributed by atoms with Gasteiger partial charge in [0.25, 0.3) is 0 Å². The Morgan fingerprint density at radius 1 is 1.27 bits per heavy atom. The maximum absolute atomic E-state index is 13.1. The quantitative estimate of drug-likeness (QED) is 0.886. The zero-order chi connectivity index (χ0) is 15.9. The van der Waals surface area contributed by atoms with Gasteiger partial charge in [0.1, 0.15) is 0 Å². The molecule has 0 saturated carbocycles. The van der Waals surface area contributed by atoms with E-state index in [-0.39, 0.29) is 24.0 Å². The molecule has 22 heavy (non-hydrogen) atoms. The van der Waals surface area contributed by atoms with Crippen molar-refractivity contribution < 1.29 is 9.53 Å². The lowest BCUT2D eigenvalue weighted by molar-refractivity contribution is -0.0744. The average Bonchev–Trinajstić information content (AvgIpc) is 2.80. The number of nitrogens with one attached hydrogen (secondary N) is 1. The van der Waals surface area contributed by atoms with Gasteiger partial charge in [-0.1, -0.05) is 18.2 Å². The summed E-state index contributed by atoms with van der Waals surface area (Å²) < 4.78 is 5.77. The van der Waals surface area contributed by atoms with Crippen molar-refractivity contribution in [3.05, 3.63) is 35.5 Å². The number of aromatic amines is 1. The zero-order valence-electron chi connectivity index (χ0n) is 13.7. The minimum atomic E-state index is -0.133. The summed E-state index contributed by atoms with van der Waals surface area (Å²) in [4.78, 5) is 18.6. The number of carbonyl (C=O) groups is 1. The highest BCUT2D eigenvalue weighted by Crippen LogP contribution is 2.25. The molecule has 3 rings (SSSR count). The van der Waals surface area contributed by atoms with E-state index >= 15 is 0 Å². The number of Topliss-reactive ketones (excluding diaryl/α,β-unsaturated/α-hetero) is 1. The Hall–Kier alpha value is -1.65. The first-order valence-corrected chi connectivity index (χ1v) is 7.98. The van der Waals surface area contributed by atoms with Gasteiger partial charge in [-0.15, -0.1) is 0 Å². The van der Waals surface area contributed by atoms with Crippen molar-refractivity contribution in [3.8, 4) is 0 Å². The summed E-state index contributed by atoms with van der Waals surface area (Å²) in [6, 6.07) is 7.87. The van der Waals surface area contributed by atoms with Crippen molar-refractivity contribution in [1.29, 1.82) is 0 Å². The van der Waals surface area contributed by atoms with Crippen LogP contribution in [0.1, 0.15) is 36.8 Å². The van der Waals surface area contributed by atoms with Gasteiger partial charge in [0.05, 0.1) is 18.2 Å². The highest BCUT2D eigenvalue weighted by molar-refractivity contribution is 6.11. The number of aryl methyl sites for hydroxylation is 1. The molecule has 0 radical (unpaired) electrons. The molecule has 0 spiro atoms. The molecule has 1 aliphatic rings. The number of carbonyl (C=O) groups excluding carboxylic acids is 1. The van der Waals surface area contributed by atoms with Crippen molar-refractivity contribution in [2.24, 2.45) is 0 Å². The first-order chi connectivity index (χ1) is 10.5. The number of hydrogen-bond donors (Lipinski definition) is 1. The third-order valence-electron chi connectivity index (χ3n) is 4.51. The van der Waals surface area contributed by atoms with E-state index in [1.54, 1.807) is 0 Å². The molecule has 3 atom stereocenters. The predicted octanol–water partition coefficient (Wildman–Crippen LogP) is 3.16. The van der Waals surface area contributed by atoms with Crippen LogP contribution in [0, 0.1) is 6.92 Å². The van der Waals surface area contributed by atoms with E-state index in [0.29, 0.717) is 0 Å². The molecule has 1 aromatic carbocycles. The molecule has 4 nitrogen and oxygen atoms in total. The van der Waals surface area contributed by atoms with Crippen LogP contribution < -0.4 is 0 Å². The number of aromatic nitrogens is 1. The van der Waals surface area contributed by atoms with E-state index in [9.17, 15) is 4.79 Å². The summed E-state index contributed by atoms with van der Waals surface area (Å²) in [5.41, 5.74) is 2.81. The molecule has 1 N–H and O–H groups in total. The van der Waals surface area contributed by atoms with E-state index in [1.807, 2.05) is 38.1 Å². The predicted molar refractivity (Wildman–Crippen MR) is 88.4 cm³/mol. The normalized spacial score (nSPS) is 24.5. The fraction of sp³-hybridized carbons (Fsp3) is 0.500. The Morgan fingerprint density at radius 2 is 1.91 bits per heavy atom. The number of nitrogens with zero attached hydrogens (tertiary/aromatic N) is 1. The average molecular weight is 300 g/mol. The highest BCUT2D eigenvalue weighted by atomic mass is 16.5. The molecule has 0 unspecified atom stereocenters. The van der Waals surface area contributed by atoms with Gasteiger partial charge in [-0.3, -0.25) is 9.69 Å². The first kappa shape index (κ1) is 15.3. The number of ketones is 1. The van der Waals surface area contributed by atoms with Gasteiger partial charge in [0.15, 0.2) is 5.78 Å². The van der Waals surface area contributed by atoms with Crippen molar-refractivity contribution in [2.45, 2.75) is 45.9 Å². The van der Waals surface area contributed by atoms with Crippen molar-refractivity contribution in [1.82, 2.24) is 9.88 Å². The number of ether oxygens (including phenoxy) is 1. The number of morpholine rings is 1. The summed E-state index contributed by atoms with van der Waals surface area (Å²) >= 11 is 0. The van der Waals surface area contributed by atoms with Gasteiger partial charge in [0, 0.05) is 35.2 Å². The molecular formula is C18H24N2O2. The topological polar surface area (TPSA) is 45.3 Å². The Bertz CT molecular complexity index is 681. The summed E-state index contributed by atoms with van der Waals surface area (Å²) in [5, 5.41) is 1.02. The third-order valence-corrected chi connectivity index (χ3v) is 4.51. The summed E-state index contributed by atoms with van der Waals surface area (Å²) in [5.74, 6) is 0.191. The second-order valence-electron chi connectivity index (χ2n) is 6.42. The number of H-pyrrole nitrogens is 1. The molecule has 1 fully saturated rings. The minimum Gasteiger partial charge on any atom is -0.373 e. The molecular weight excluding hydrogens is 276 g/mol. The van der Waals surface area contributed by atoms with Crippen LogP contribution in [0.25, 0.3) is 10.9 Å². The molecule has 0 bridgehead atoms. The lowest BCUT2D eigenvalue weighted by atomic mass is 10.00. The third kappa shape index (κ3) is 2.69. The van der Waals surface area contributed by atoms with Crippen LogP contribution >= 0.6 is 0 Å². The Labute approximate surface area is 131 Å². The second-order valence-corrected chi connectivity index (χ2v) is 6.42. The lowest BCUT2D eigenvalue weighted by Gasteiger charge is -2.38. The second kappa shape index (κ2) is 5.86. The van der Waals surface area contributed by atoms with Gasteiger partial charge in [0.2, 0.25) is 0 Å². The number of para-hydroxylation sites is 1. The largest absolute Gasteiger partial charge is 0.373 e. The summed E-state index contributed by atoms with van der Waals surface area (Å²) in [7, 11) is 0. The maximum atomic E-state index is 13.1. The Balaban J connectivity index is 1.90. The molecule has 1 saturated heterocycles. The molecule has 118 valence electrons. The van der Waals surface area contributed by atoms with E-state index in [1.165, 1.54) is 0 Å². The standard InChI is InChI=1S/C18H24N2O2/c1-11-9-20(10-12(2)22-11)14(4)18(21)17-13(3)19-16-8-6-5-7-15(16)17/h5-8,11-12,14,19H,9-10H2,1-4H3/t11-,12-,14-/m0/s1. The molecule has 2 aromatic rings. The smallest absolute Gasteiger partial charge is 0.182 e. The number of rotatable bonds is 3. The molecule has 0 amide bonds. The summed E-state index contributed by atoms with van der Waals surface area (Å²) in [6.07, 6.45) is 0.339. The molecule has 0 aliphatic carbocycles. The van der Waals surface area contributed by atoms with E-state index < -0.39 is 0 Å². The van der Waals surface area contributed by atoms with Crippen LogP contribution in [0.4, 0.5) is 0 Å². The molecule has 2 heterocycles. The van der Waals surface area contributed by atoms with E-state index in [4.69, 9.17) is 4.74 Å². The number of fused-ring (bicyclic) bond motifs is 1. The van der Waals surface area contributed by atoms with Gasteiger partial charge in [-0.2, -0.15) is 0 Å². The van der Waals surface area contributed by atoms with Gasteiger partial charge < -0.3 is 9.72 Å². The minimum absolute atomic E-state index is 0.133. The van der Waals surface area contributed by atoms with Crippen LogP contribution in [0.3, 0.4) is 0 Å². The fourth-order valence-corrected chi connectivity index (χ4v) is 3.50.